The average molecular weight is 358 g/mol. The van der Waals surface area contributed by atoms with E-state index in [9.17, 15) is 14.7 Å². The van der Waals surface area contributed by atoms with Crippen LogP contribution >= 0.6 is 0 Å². The molecule has 0 aromatic heterocycles. The maximum atomic E-state index is 12.0. The third-order valence-electron chi connectivity index (χ3n) is 3.75. The van der Waals surface area contributed by atoms with Crippen LogP contribution < -0.4 is 20.1 Å². The third kappa shape index (κ3) is 5.22. The molecule has 26 heavy (non-hydrogen) atoms. The first kappa shape index (κ1) is 19.3. The minimum atomic E-state index is -0.828. The van der Waals surface area contributed by atoms with E-state index < -0.39 is 17.9 Å². The molecule has 0 aliphatic heterocycles. The average Bonchev–Trinajstić information content (AvgIpc) is 2.68. The number of hydrogen-bond acceptors (Lipinski definition) is 5. The molecule has 1 unspecified atom stereocenters. The number of methoxy groups -OCH3 is 2. The van der Waals surface area contributed by atoms with Crippen molar-refractivity contribution >= 4 is 17.5 Å². The van der Waals surface area contributed by atoms with Gasteiger partial charge in [0.1, 0.15) is 11.5 Å². The zero-order valence-corrected chi connectivity index (χ0v) is 14.7. The lowest BCUT2D eigenvalue weighted by Gasteiger charge is -2.13. The van der Waals surface area contributed by atoms with Gasteiger partial charge in [-0.3, -0.25) is 9.59 Å². The molecule has 1 atom stereocenters. The number of anilines is 1. The fourth-order valence-corrected chi connectivity index (χ4v) is 2.34. The van der Waals surface area contributed by atoms with E-state index in [0.29, 0.717) is 23.6 Å². The zero-order valence-electron chi connectivity index (χ0n) is 14.7. The molecule has 0 aliphatic carbocycles. The summed E-state index contributed by atoms with van der Waals surface area (Å²) >= 11 is 0. The van der Waals surface area contributed by atoms with Gasteiger partial charge in [0.05, 0.1) is 26.0 Å². The van der Waals surface area contributed by atoms with E-state index in [-0.39, 0.29) is 6.54 Å². The van der Waals surface area contributed by atoms with Crippen LogP contribution in [-0.2, 0) is 9.59 Å². The number of amides is 2. The van der Waals surface area contributed by atoms with Crippen molar-refractivity contribution in [3.63, 3.8) is 0 Å². The molecule has 7 nitrogen and oxygen atoms in total. The van der Waals surface area contributed by atoms with Crippen LogP contribution in [0.4, 0.5) is 5.69 Å². The lowest BCUT2D eigenvalue weighted by molar-refractivity contribution is -0.136. The highest BCUT2D eigenvalue weighted by Gasteiger charge is 2.17. The predicted octanol–water partition coefficient (Wildman–Crippen LogP) is 1.88. The molecular formula is C19H22N2O5. The first-order valence-corrected chi connectivity index (χ1v) is 8.09. The lowest BCUT2D eigenvalue weighted by Crippen LogP contribution is -2.36. The summed E-state index contributed by atoms with van der Waals surface area (Å²) in [5.74, 6) is -0.695. The molecule has 138 valence electrons. The van der Waals surface area contributed by atoms with Crippen LogP contribution in [0, 0.1) is 0 Å². The Morgan fingerprint density at radius 1 is 1.04 bits per heavy atom. The van der Waals surface area contributed by atoms with Gasteiger partial charge in [0.15, 0.2) is 0 Å². The highest BCUT2D eigenvalue weighted by molar-refractivity contribution is 6.39. The number of carbonyl (C=O) groups excluding carboxylic acids is 2. The molecule has 0 saturated carbocycles. The minimum Gasteiger partial charge on any atom is -0.497 e. The summed E-state index contributed by atoms with van der Waals surface area (Å²) in [5.41, 5.74) is 1.09. The Kier molecular flexibility index (Phi) is 6.99. The normalized spacial score (nSPS) is 11.3. The standard InChI is InChI=1S/C19H22N2O5/c1-25-14-8-9-17(26-2)15(12-14)21-19(24)18(23)20-11-10-16(22)13-6-4-3-5-7-13/h3-9,12,16,22H,10-11H2,1-2H3,(H,20,23)(H,21,24). The highest BCUT2D eigenvalue weighted by atomic mass is 16.5. The SMILES string of the molecule is COc1ccc(OC)c(NC(=O)C(=O)NCCC(O)c2ccccc2)c1. The topological polar surface area (TPSA) is 96.9 Å². The van der Waals surface area contributed by atoms with E-state index in [4.69, 9.17) is 9.47 Å². The molecule has 0 spiro atoms. The lowest BCUT2D eigenvalue weighted by atomic mass is 10.1. The van der Waals surface area contributed by atoms with Crippen LogP contribution in [-0.4, -0.2) is 37.7 Å². The zero-order chi connectivity index (χ0) is 18.9. The van der Waals surface area contributed by atoms with Gasteiger partial charge in [-0.2, -0.15) is 0 Å². The fraction of sp³-hybridized carbons (Fsp3) is 0.263. The first-order chi connectivity index (χ1) is 12.5. The van der Waals surface area contributed by atoms with Crippen molar-refractivity contribution in [1.82, 2.24) is 5.32 Å². The predicted molar refractivity (Wildman–Crippen MR) is 97.2 cm³/mol. The molecule has 2 rings (SSSR count). The van der Waals surface area contributed by atoms with Crippen LogP contribution in [0.1, 0.15) is 18.1 Å². The van der Waals surface area contributed by atoms with Crippen molar-refractivity contribution in [2.75, 3.05) is 26.1 Å². The van der Waals surface area contributed by atoms with Crippen molar-refractivity contribution in [1.29, 1.82) is 0 Å². The molecular weight excluding hydrogens is 336 g/mol. The van der Waals surface area contributed by atoms with Crippen LogP contribution in [0.15, 0.2) is 48.5 Å². The van der Waals surface area contributed by atoms with Gasteiger partial charge >= 0.3 is 11.8 Å². The minimum absolute atomic E-state index is 0.164. The largest absolute Gasteiger partial charge is 0.497 e. The number of carbonyl (C=O) groups is 2. The molecule has 0 bridgehead atoms. The van der Waals surface area contributed by atoms with Crippen LogP contribution in [0.25, 0.3) is 0 Å². The molecule has 3 N–H and O–H groups in total. The molecule has 0 radical (unpaired) electrons. The Morgan fingerprint density at radius 2 is 1.77 bits per heavy atom. The van der Waals surface area contributed by atoms with E-state index in [1.807, 2.05) is 18.2 Å². The first-order valence-electron chi connectivity index (χ1n) is 8.09. The Bertz CT molecular complexity index is 749. The molecule has 2 aromatic carbocycles. The molecule has 2 aromatic rings. The van der Waals surface area contributed by atoms with Crippen LogP contribution in [0.5, 0.6) is 11.5 Å². The van der Waals surface area contributed by atoms with Crippen LogP contribution in [0.3, 0.4) is 0 Å². The molecule has 7 heteroatoms. The number of benzene rings is 2. The Hall–Kier alpha value is -3.06. The number of ether oxygens (including phenoxy) is 2. The summed E-state index contributed by atoms with van der Waals surface area (Å²) in [4.78, 5) is 24.0. The summed E-state index contributed by atoms with van der Waals surface area (Å²) in [7, 11) is 2.96. The second kappa shape index (κ2) is 9.43. The summed E-state index contributed by atoms with van der Waals surface area (Å²) in [5, 5.41) is 15.0. The quantitative estimate of drug-likeness (QED) is 0.657. The number of rotatable bonds is 7. The summed E-state index contributed by atoms with van der Waals surface area (Å²) in [6, 6.07) is 14.0. The fourth-order valence-electron chi connectivity index (χ4n) is 2.34. The van der Waals surface area contributed by atoms with Gasteiger partial charge in [-0.1, -0.05) is 30.3 Å². The number of aliphatic hydroxyl groups is 1. The van der Waals surface area contributed by atoms with Crippen molar-refractivity contribution < 1.29 is 24.2 Å². The third-order valence-corrected chi connectivity index (χ3v) is 3.75. The van der Waals surface area contributed by atoms with Crippen molar-refractivity contribution in [2.45, 2.75) is 12.5 Å². The second-order valence-electron chi connectivity index (χ2n) is 5.49. The number of aliphatic hydroxyl groups excluding tert-OH is 1. The van der Waals surface area contributed by atoms with Crippen LogP contribution in [0.2, 0.25) is 0 Å². The molecule has 2 amide bonds. The Morgan fingerprint density at radius 3 is 2.42 bits per heavy atom. The van der Waals surface area contributed by atoms with E-state index in [0.717, 1.165) is 5.56 Å². The number of nitrogens with one attached hydrogen (secondary N) is 2. The molecule has 0 saturated heterocycles. The van der Waals surface area contributed by atoms with Gasteiger partial charge in [0, 0.05) is 12.6 Å². The smallest absolute Gasteiger partial charge is 0.313 e. The highest BCUT2D eigenvalue weighted by Crippen LogP contribution is 2.28. The Balaban J connectivity index is 1.87. The maximum absolute atomic E-state index is 12.0. The van der Waals surface area contributed by atoms with Crippen molar-refractivity contribution in [3.05, 3.63) is 54.1 Å². The molecule has 0 aliphatic rings. The molecule has 0 fully saturated rings. The van der Waals surface area contributed by atoms with E-state index in [1.54, 1.807) is 30.3 Å². The van der Waals surface area contributed by atoms with E-state index in [1.165, 1.54) is 14.2 Å². The second-order valence-corrected chi connectivity index (χ2v) is 5.49. The van der Waals surface area contributed by atoms with E-state index in [2.05, 4.69) is 10.6 Å². The summed E-state index contributed by atoms with van der Waals surface area (Å²) < 4.78 is 10.2. The van der Waals surface area contributed by atoms with Crippen molar-refractivity contribution in [3.8, 4) is 11.5 Å². The van der Waals surface area contributed by atoms with Gasteiger partial charge in [-0.05, 0) is 24.1 Å². The van der Waals surface area contributed by atoms with Crippen molar-refractivity contribution in [2.24, 2.45) is 0 Å². The summed E-state index contributed by atoms with van der Waals surface area (Å²) in [6.45, 7) is 0.164. The van der Waals surface area contributed by atoms with E-state index >= 15 is 0 Å². The van der Waals surface area contributed by atoms with Gasteiger partial charge in [0.25, 0.3) is 0 Å². The maximum Gasteiger partial charge on any atom is 0.313 e. The van der Waals surface area contributed by atoms with Gasteiger partial charge in [0.2, 0.25) is 0 Å². The van der Waals surface area contributed by atoms with Gasteiger partial charge < -0.3 is 25.2 Å². The summed E-state index contributed by atoms with van der Waals surface area (Å²) in [6.07, 6.45) is -0.413. The van der Waals surface area contributed by atoms with Gasteiger partial charge in [-0.25, -0.2) is 0 Å². The monoisotopic (exact) mass is 358 g/mol. The van der Waals surface area contributed by atoms with Gasteiger partial charge in [-0.15, -0.1) is 0 Å². The number of hydrogen-bond donors (Lipinski definition) is 3. The Labute approximate surface area is 151 Å². The molecule has 0 heterocycles.